The van der Waals surface area contributed by atoms with Gasteiger partial charge in [-0.05, 0) is 41.8 Å². The van der Waals surface area contributed by atoms with E-state index in [0.29, 0.717) is 28.0 Å². The molecule has 0 bridgehead atoms. The minimum Gasteiger partial charge on any atom is -0.505 e. The average Bonchev–Trinajstić information content (AvgIpc) is 3.16. The number of fused-ring (bicyclic) bond motifs is 1. The number of ether oxygens (including phenoxy) is 1. The number of carboxylic acid groups (broad SMARTS) is 1. The van der Waals surface area contributed by atoms with Crippen molar-refractivity contribution in [1.82, 2.24) is 15.0 Å². The Bertz CT molecular complexity index is 1280. The first kappa shape index (κ1) is 21.7. The molecule has 1 aromatic heterocycles. The van der Waals surface area contributed by atoms with Crippen molar-refractivity contribution in [1.29, 1.82) is 0 Å². The number of carbonyl (C=O) groups is 1. The molecule has 0 spiro atoms. The van der Waals surface area contributed by atoms with E-state index >= 15 is 0 Å². The average molecular weight is 450 g/mol. The van der Waals surface area contributed by atoms with Crippen LogP contribution in [0.2, 0.25) is 0 Å². The van der Waals surface area contributed by atoms with Crippen LogP contribution < -0.4 is 4.74 Å². The lowest BCUT2D eigenvalue weighted by molar-refractivity contribution is -0.139. The second-order valence-corrected chi connectivity index (χ2v) is 9.47. The van der Waals surface area contributed by atoms with Crippen LogP contribution in [0.15, 0.2) is 70.5 Å². The van der Waals surface area contributed by atoms with Crippen molar-refractivity contribution in [3.63, 3.8) is 0 Å². The van der Waals surface area contributed by atoms with Crippen molar-refractivity contribution < 1.29 is 19.7 Å². The summed E-state index contributed by atoms with van der Waals surface area (Å²) in [4.78, 5) is 14.5. The first-order valence-electron chi connectivity index (χ1n) is 10.0. The van der Waals surface area contributed by atoms with Gasteiger partial charge in [0.1, 0.15) is 28.2 Å². The zero-order valence-electron chi connectivity index (χ0n) is 17.9. The zero-order valence-corrected chi connectivity index (χ0v) is 18.8. The molecule has 164 valence electrons. The predicted octanol–water partition coefficient (Wildman–Crippen LogP) is 5.04. The number of hydrogen-bond acceptors (Lipinski definition) is 6. The third kappa shape index (κ3) is 4.70. The van der Waals surface area contributed by atoms with Crippen LogP contribution in [0.4, 0.5) is 0 Å². The minimum atomic E-state index is -1.08. The summed E-state index contributed by atoms with van der Waals surface area (Å²) in [5, 5.41) is 29.0. The molecule has 1 heterocycles. The summed E-state index contributed by atoms with van der Waals surface area (Å²) in [5.74, 6) is -0.727. The largest absolute Gasteiger partial charge is 0.505 e. The lowest BCUT2D eigenvalue weighted by Crippen LogP contribution is -2.15. The Hall–Kier alpha value is -3.52. The number of aromatic hydroxyl groups is 1. The van der Waals surface area contributed by atoms with Gasteiger partial charge in [0.15, 0.2) is 6.61 Å². The van der Waals surface area contributed by atoms with E-state index in [0.717, 1.165) is 9.79 Å². The fourth-order valence-electron chi connectivity index (χ4n) is 3.24. The van der Waals surface area contributed by atoms with E-state index in [1.54, 1.807) is 23.9 Å². The van der Waals surface area contributed by atoms with Crippen LogP contribution in [0.5, 0.6) is 11.5 Å². The van der Waals surface area contributed by atoms with E-state index in [1.165, 1.54) is 4.80 Å². The van der Waals surface area contributed by atoms with Crippen molar-refractivity contribution in [2.45, 2.75) is 36.0 Å². The topological polar surface area (TPSA) is 97.5 Å². The summed E-state index contributed by atoms with van der Waals surface area (Å²) >= 11 is 1.63. The third-order valence-corrected chi connectivity index (χ3v) is 5.78. The Kier molecular flexibility index (Phi) is 5.80. The van der Waals surface area contributed by atoms with E-state index in [2.05, 4.69) is 10.2 Å². The number of nitrogens with zero attached hydrogens (tertiary/aromatic N) is 3. The van der Waals surface area contributed by atoms with Crippen LogP contribution in [-0.2, 0) is 10.2 Å². The molecule has 4 rings (SSSR count). The fourth-order valence-corrected chi connectivity index (χ4v) is 4.11. The van der Waals surface area contributed by atoms with Crippen LogP contribution >= 0.6 is 11.8 Å². The highest BCUT2D eigenvalue weighted by molar-refractivity contribution is 7.99. The van der Waals surface area contributed by atoms with Gasteiger partial charge < -0.3 is 14.9 Å². The van der Waals surface area contributed by atoms with Gasteiger partial charge in [-0.3, -0.25) is 0 Å². The molecule has 32 heavy (non-hydrogen) atoms. The number of benzene rings is 3. The van der Waals surface area contributed by atoms with Gasteiger partial charge in [0.2, 0.25) is 0 Å². The van der Waals surface area contributed by atoms with Gasteiger partial charge in [0.05, 0.1) is 0 Å². The van der Waals surface area contributed by atoms with E-state index < -0.39 is 18.0 Å². The molecule has 0 atom stereocenters. The number of phenolic OH excluding ortho intramolecular Hbond substituents is 1. The highest BCUT2D eigenvalue weighted by Crippen LogP contribution is 2.38. The van der Waals surface area contributed by atoms with Crippen LogP contribution in [0.1, 0.15) is 26.3 Å². The molecular weight excluding hydrogens is 426 g/mol. The number of aromatic nitrogens is 3. The van der Waals surface area contributed by atoms with Gasteiger partial charge in [0, 0.05) is 21.4 Å². The summed E-state index contributed by atoms with van der Waals surface area (Å²) in [5.41, 5.74) is 1.88. The molecule has 0 saturated carbocycles. The molecule has 3 aromatic carbocycles. The van der Waals surface area contributed by atoms with Crippen LogP contribution in [0.3, 0.4) is 0 Å². The summed E-state index contributed by atoms with van der Waals surface area (Å²) in [6, 6.07) is 19.1. The first-order valence-corrected chi connectivity index (χ1v) is 10.8. The molecule has 4 aromatic rings. The van der Waals surface area contributed by atoms with Crippen LogP contribution in [-0.4, -0.2) is 37.8 Å². The van der Waals surface area contributed by atoms with Crippen molar-refractivity contribution in [2.75, 3.05) is 6.61 Å². The van der Waals surface area contributed by atoms with Crippen LogP contribution in [0, 0.1) is 0 Å². The summed E-state index contributed by atoms with van der Waals surface area (Å²) in [6.45, 7) is 5.37. The van der Waals surface area contributed by atoms with Crippen molar-refractivity contribution >= 4 is 28.8 Å². The standard InChI is InChI=1S/C24H23N3O4S/c1-24(2,3)18-11-15(31-14-22(28)29)12-21(23(18)30)27-25-19-10-9-17(13-20(19)26-27)32-16-7-5-4-6-8-16/h4-13,30H,14H2,1-3H3,(H,28,29). The summed E-state index contributed by atoms with van der Waals surface area (Å²) < 4.78 is 5.40. The molecule has 7 nitrogen and oxygen atoms in total. The van der Waals surface area contributed by atoms with Gasteiger partial charge in [-0.25, -0.2) is 4.79 Å². The van der Waals surface area contributed by atoms with E-state index in [1.807, 2.05) is 69.3 Å². The maximum Gasteiger partial charge on any atom is 0.341 e. The Morgan fingerprint density at radius 1 is 1.00 bits per heavy atom. The quantitative estimate of drug-likeness (QED) is 0.426. The minimum absolute atomic E-state index is 0.0272. The van der Waals surface area contributed by atoms with Gasteiger partial charge in [-0.1, -0.05) is 50.7 Å². The number of phenols is 1. The molecule has 8 heteroatoms. The lowest BCUT2D eigenvalue weighted by Gasteiger charge is -2.22. The SMILES string of the molecule is CC(C)(C)c1cc(OCC(=O)O)cc(-n2nc3ccc(Sc4ccccc4)cc3n2)c1O. The molecule has 2 N–H and O–H groups in total. The Balaban J connectivity index is 1.75. The normalized spacial score (nSPS) is 11.6. The number of rotatable bonds is 6. The van der Waals surface area contributed by atoms with E-state index in [-0.39, 0.29) is 5.75 Å². The smallest absolute Gasteiger partial charge is 0.341 e. The van der Waals surface area contributed by atoms with Gasteiger partial charge in [0.25, 0.3) is 0 Å². The second-order valence-electron chi connectivity index (χ2n) is 8.33. The second kappa shape index (κ2) is 8.55. The van der Waals surface area contributed by atoms with Crippen molar-refractivity contribution in [3.05, 3.63) is 66.2 Å². The van der Waals surface area contributed by atoms with Crippen LogP contribution in [0.25, 0.3) is 16.7 Å². The molecule has 0 amide bonds. The van der Waals surface area contributed by atoms with E-state index in [9.17, 15) is 9.90 Å². The molecule has 0 radical (unpaired) electrons. The summed E-state index contributed by atoms with van der Waals surface area (Å²) in [7, 11) is 0. The maximum absolute atomic E-state index is 11.0. The summed E-state index contributed by atoms with van der Waals surface area (Å²) in [6.07, 6.45) is 0. The van der Waals surface area contributed by atoms with Crippen molar-refractivity contribution in [2.24, 2.45) is 0 Å². The molecular formula is C24H23N3O4S. The number of carboxylic acids is 1. The molecule has 0 aliphatic heterocycles. The highest BCUT2D eigenvalue weighted by atomic mass is 32.2. The molecule has 0 aliphatic carbocycles. The van der Waals surface area contributed by atoms with Gasteiger partial charge >= 0.3 is 5.97 Å². The predicted molar refractivity (Wildman–Crippen MR) is 123 cm³/mol. The molecule has 0 unspecified atom stereocenters. The number of hydrogen-bond donors (Lipinski definition) is 2. The lowest BCUT2D eigenvalue weighted by atomic mass is 9.86. The van der Waals surface area contributed by atoms with Gasteiger partial charge in [-0.15, -0.1) is 15.0 Å². The Labute approximate surface area is 189 Å². The third-order valence-electron chi connectivity index (χ3n) is 4.78. The van der Waals surface area contributed by atoms with Gasteiger partial charge in [-0.2, -0.15) is 0 Å². The molecule has 0 aliphatic rings. The number of aliphatic carboxylic acids is 1. The zero-order chi connectivity index (χ0) is 22.9. The monoisotopic (exact) mass is 449 g/mol. The van der Waals surface area contributed by atoms with Crippen molar-refractivity contribution in [3.8, 4) is 17.2 Å². The first-order chi connectivity index (χ1) is 15.2. The Morgan fingerprint density at radius 3 is 2.41 bits per heavy atom. The fraction of sp³-hybridized carbons (Fsp3) is 0.208. The molecule has 0 fully saturated rings. The van der Waals surface area contributed by atoms with E-state index in [4.69, 9.17) is 9.84 Å². The highest BCUT2D eigenvalue weighted by Gasteiger charge is 2.24. The maximum atomic E-state index is 11.0. The Morgan fingerprint density at radius 2 is 1.72 bits per heavy atom. The molecule has 0 saturated heterocycles.